The van der Waals surface area contributed by atoms with E-state index >= 15 is 0 Å². The van der Waals surface area contributed by atoms with Crippen molar-refractivity contribution in [3.05, 3.63) is 18.5 Å². The number of hydrogen-bond acceptors (Lipinski definition) is 2. The number of nitrogens with one attached hydrogen (secondary N) is 1. The van der Waals surface area contributed by atoms with Crippen molar-refractivity contribution in [1.29, 1.82) is 0 Å². The molecule has 3 nitrogen and oxygen atoms in total. The summed E-state index contributed by atoms with van der Waals surface area (Å²) < 4.78 is 1.31. The molecule has 2 heterocycles. The van der Waals surface area contributed by atoms with Crippen LogP contribution in [0.3, 0.4) is 0 Å². The zero-order valence-electron chi connectivity index (χ0n) is 8.13. The number of aromatic nitrogens is 3. The number of nitrogens with zero attached hydrogens (tertiary/aromatic N) is 2. The molecule has 0 fully saturated rings. The van der Waals surface area contributed by atoms with Gasteiger partial charge < -0.3 is 0 Å². The molecule has 68 valence electrons. The quantitative estimate of drug-likeness (QED) is 0.805. The van der Waals surface area contributed by atoms with Crippen LogP contribution in [0.25, 0.3) is 10.9 Å². The third-order valence-electron chi connectivity index (χ3n) is 2.09. The van der Waals surface area contributed by atoms with Crippen LogP contribution >= 0.6 is 0 Å². The number of fused-ring (bicyclic) bond motifs is 1. The predicted molar refractivity (Wildman–Crippen MR) is 56.9 cm³/mol. The molecule has 0 aliphatic rings. The Bertz CT molecular complexity index is 428. The molecule has 0 aromatic carbocycles. The molecule has 0 atom stereocenters. The van der Waals surface area contributed by atoms with Gasteiger partial charge in [-0.1, -0.05) is 0 Å². The van der Waals surface area contributed by atoms with Crippen molar-refractivity contribution in [2.45, 2.75) is 14.8 Å². The van der Waals surface area contributed by atoms with Gasteiger partial charge in [0.25, 0.3) is 0 Å². The summed E-state index contributed by atoms with van der Waals surface area (Å²) in [6, 6.07) is 2.18. The third-order valence-corrected chi connectivity index (χ3v) is 7.26. The molecule has 0 aliphatic heterocycles. The average molecular weight is 282 g/mol. The summed E-state index contributed by atoms with van der Waals surface area (Å²) in [7, 11) is 0. The SMILES string of the molecule is [CH3][Sn]([CH3])([CH3])[c]1cc2cn[nH]c2cn1. The third kappa shape index (κ3) is 1.70. The summed E-state index contributed by atoms with van der Waals surface area (Å²) in [4.78, 5) is 11.6. The molecule has 0 spiro atoms. The van der Waals surface area contributed by atoms with Gasteiger partial charge in [-0.2, -0.15) is 0 Å². The van der Waals surface area contributed by atoms with Gasteiger partial charge in [0.15, 0.2) is 0 Å². The Kier molecular flexibility index (Phi) is 2.06. The fraction of sp³-hybridized carbons (Fsp3) is 0.333. The van der Waals surface area contributed by atoms with Gasteiger partial charge in [-0.25, -0.2) is 0 Å². The maximum atomic E-state index is 4.47. The number of aromatic amines is 1. The van der Waals surface area contributed by atoms with E-state index in [-0.39, 0.29) is 0 Å². The van der Waals surface area contributed by atoms with Crippen molar-refractivity contribution in [3.8, 4) is 0 Å². The molecule has 0 unspecified atom stereocenters. The van der Waals surface area contributed by atoms with E-state index in [0.717, 1.165) is 5.52 Å². The van der Waals surface area contributed by atoms with Crippen LogP contribution in [-0.2, 0) is 0 Å². The first-order valence-electron chi connectivity index (χ1n) is 4.37. The van der Waals surface area contributed by atoms with Gasteiger partial charge in [0.05, 0.1) is 0 Å². The van der Waals surface area contributed by atoms with Crippen molar-refractivity contribution in [2.24, 2.45) is 0 Å². The summed E-state index contributed by atoms with van der Waals surface area (Å²) in [6.45, 7) is 0. The molecule has 2 aromatic heterocycles. The van der Waals surface area contributed by atoms with Gasteiger partial charge in [-0.05, 0) is 0 Å². The Morgan fingerprint density at radius 1 is 1.23 bits per heavy atom. The molecule has 1 N–H and O–H groups in total. The fourth-order valence-corrected chi connectivity index (χ4v) is 4.22. The van der Waals surface area contributed by atoms with Gasteiger partial charge in [0, 0.05) is 0 Å². The van der Waals surface area contributed by atoms with E-state index in [1.54, 1.807) is 0 Å². The van der Waals surface area contributed by atoms with E-state index in [4.69, 9.17) is 0 Å². The summed E-state index contributed by atoms with van der Waals surface area (Å²) in [5.74, 6) is 0. The first-order valence-corrected chi connectivity index (χ1v) is 14.4. The summed E-state index contributed by atoms with van der Waals surface area (Å²) >= 11 is -1.98. The van der Waals surface area contributed by atoms with E-state index in [1.807, 2.05) is 12.4 Å². The molecule has 2 rings (SSSR count). The Labute approximate surface area is 81.4 Å². The predicted octanol–water partition coefficient (Wildman–Crippen LogP) is 1.50. The van der Waals surface area contributed by atoms with Crippen LogP contribution in [0.15, 0.2) is 18.5 Å². The normalized spacial score (nSPS) is 12.2. The molecule has 0 bridgehead atoms. The van der Waals surface area contributed by atoms with Crippen LogP contribution in [0.2, 0.25) is 14.8 Å². The van der Waals surface area contributed by atoms with Crippen molar-refractivity contribution in [2.75, 3.05) is 0 Å². The molecule has 4 heteroatoms. The number of H-pyrrole nitrogens is 1. The van der Waals surface area contributed by atoms with Gasteiger partial charge >= 0.3 is 81.5 Å². The average Bonchev–Trinajstić information content (AvgIpc) is 2.47. The first kappa shape index (κ1) is 8.99. The number of rotatable bonds is 1. The van der Waals surface area contributed by atoms with E-state index in [9.17, 15) is 0 Å². The monoisotopic (exact) mass is 283 g/mol. The van der Waals surface area contributed by atoms with Crippen LogP contribution in [-0.4, -0.2) is 33.6 Å². The maximum absolute atomic E-state index is 4.47. The van der Waals surface area contributed by atoms with Crippen LogP contribution in [0.4, 0.5) is 0 Å². The standard InChI is InChI=1S/C6H4N3.3CH3.Sn/c1-2-7-4-6-5(1)3-8-9-6;;;;/h1,3-4H,(H,8,9);3*1H3;. The summed E-state index contributed by atoms with van der Waals surface area (Å²) in [5.41, 5.74) is 1.03. The Morgan fingerprint density at radius 3 is 2.69 bits per heavy atom. The molecule has 0 radical (unpaired) electrons. The molecule has 0 saturated heterocycles. The molecular weight excluding hydrogens is 269 g/mol. The van der Waals surface area contributed by atoms with Crippen LogP contribution in [0, 0.1) is 0 Å². The van der Waals surface area contributed by atoms with Crippen LogP contribution < -0.4 is 3.71 Å². The Balaban J connectivity index is 2.61. The van der Waals surface area contributed by atoms with Crippen LogP contribution in [0.1, 0.15) is 0 Å². The van der Waals surface area contributed by atoms with Crippen molar-refractivity contribution in [1.82, 2.24) is 15.2 Å². The van der Waals surface area contributed by atoms with Crippen molar-refractivity contribution < 1.29 is 0 Å². The zero-order valence-corrected chi connectivity index (χ0v) is 11.0. The van der Waals surface area contributed by atoms with E-state index in [1.165, 1.54) is 9.10 Å². The van der Waals surface area contributed by atoms with Gasteiger partial charge in [-0.15, -0.1) is 0 Å². The fourth-order valence-electron chi connectivity index (χ4n) is 1.25. The van der Waals surface area contributed by atoms with Gasteiger partial charge in [-0.3, -0.25) is 0 Å². The van der Waals surface area contributed by atoms with Gasteiger partial charge in [0.2, 0.25) is 0 Å². The molecule has 0 aliphatic carbocycles. The van der Waals surface area contributed by atoms with E-state index in [2.05, 4.69) is 36.1 Å². The van der Waals surface area contributed by atoms with E-state index < -0.39 is 18.4 Å². The first-order chi connectivity index (χ1) is 6.07. The number of pyridine rings is 1. The summed E-state index contributed by atoms with van der Waals surface area (Å²) in [5, 5.41) is 8.07. The molecule has 13 heavy (non-hydrogen) atoms. The minimum atomic E-state index is -1.98. The number of hydrogen-bond donors (Lipinski definition) is 1. The van der Waals surface area contributed by atoms with Crippen molar-refractivity contribution >= 4 is 33.0 Å². The minimum absolute atomic E-state index is 1.03. The van der Waals surface area contributed by atoms with Crippen molar-refractivity contribution in [3.63, 3.8) is 0 Å². The zero-order chi connectivity index (χ0) is 9.47. The molecule has 0 amide bonds. The second-order valence-electron chi connectivity index (χ2n) is 4.28. The molecule has 0 saturated carbocycles. The molecule has 2 aromatic rings. The second-order valence-corrected chi connectivity index (χ2v) is 18.6. The molecular formula is C9H13N3Sn. The topological polar surface area (TPSA) is 41.6 Å². The second kappa shape index (κ2) is 2.97. The van der Waals surface area contributed by atoms with E-state index in [0.29, 0.717) is 0 Å². The Morgan fingerprint density at radius 2 is 2.00 bits per heavy atom. The van der Waals surface area contributed by atoms with Gasteiger partial charge in [0.1, 0.15) is 0 Å². The summed E-state index contributed by atoms with van der Waals surface area (Å²) in [6.07, 6.45) is 3.75. The van der Waals surface area contributed by atoms with Crippen LogP contribution in [0.5, 0.6) is 0 Å². The Hall–Kier alpha value is -0.581.